The number of hydrogen-bond donors (Lipinski definition) is 1. The van der Waals surface area contributed by atoms with Gasteiger partial charge in [-0.15, -0.1) is 0 Å². The van der Waals surface area contributed by atoms with Crippen LogP contribution in [0.2, 0.25) is 0 Å². The highest BCUT2D eigenvalue weighted by molar-refractivity contribution is 5.87. The summed E-state index contributed by atoms with van der Waals surface area (Å²) in [6.45, 7) is 5.63. The molecule has 3 rings (SSSR count). The molecule has 1 aliphatic carbocycles. The van der Waals surface area contributed by atoms with Gasteiger partial charge in [0.15, 0.2) is 23.3 Å². The zero-order valence-electron chi connectivity index (χ0n) is 24.1. The van der Waals surface area contributed by atoms with Crippen molar-refractivity contribution in [1.29, 1.82) is 0 Å². The summed E-state index contributed by atoms with van der Waals surface area (Å²) >= 11 is 0. The Morgan fingerprint density at radius 1 is 0.951 bits per heavy atom. The molecule has 0 bridgehead atoms. The Bertz CT molecular complexity index is 1170. The van der Waals surface area contributed by atoms with Crippen molar-refractivity contribution in [2.45, 2.75) is 77.0 Å². The first-order chi connectivity index (χ1) is 19.7. The van der Waals surface area contributed by atoms with Gasteiger partial charge in [-0.3, -0.25) is 0 Å². The molecule has 0 radical (unpaired) electrons. The van der Waals surface area contributed by atoms with Gasteiger partial charge in [0.2, 0.25) is 0 Å². The highest BCUT2D eigenvalue weighted by Gasteiger charge is 2.28. The van der Waals surface area contributed by atoms with Crippen LogP contribution in [-0.4, -0.2) is 38.0 Å². The maximum atomic E-state index is 15.2. The molecule has 1 atom stereocenters. The van der Waals surface area contributed by atoms with Gasteiger partial charge >= 0.3 is 5.97 Å². The van der Waals surface area contributed by atoms with E-state index >= 15 is 8.78 Å². The number of halogens is 4. The molecule has 0 amide bonds. The van der Waals surface area contributed by atoms with E-state index in [0.717, 1.165) is 44.9 Å². The van der Waals surface area contributed by atoms with Crippen molar-refractivity contribution < 1.29 is 36.9 Å². The molecule has 0 saturated heterocycles. The molecule has 0 aromatic heterocycles. The van der Waals surface area contributed by atoms with E-state index in [1.165, 1.54) is 24.3 Å². The smallest absolute Gasteiger partial charge is 0.335 e. The van der Waals surface area contributed by atoms with Gasteiger partial charge in [0.1, 0.15) is 0 Å². The normalized spacial score (nSPS) is 17.8. The average Bonchev–Trinajstić information content (AvgIpc) is 2.98. The summed E-state index contributed by atoms with van der Waals surface area (Å²) in [5, 5.41) is 9.01. The van der Waals surface area contributed by atoms with Crippen molar-refractivity contribution in [3.05, 3.63) is 70.8 Å². The lowest BCUT2D eigenvalue weighted by atomic mass is 9.76. The van der Waals surface area contributed by atoms with E-state index in [1.807, 2.05) is 6.92 Å². The van der Waals surface area contributed by atoms with Crippen LogP contribution >= 0.6 is 0 Å². The molecule has 226 valence electrons. The first-order valence-electron chi connectivity index (χ1n) is 14.6. The molecule has 4 nitrogen and oxygen atoms in total. The molecule has 1 fully saturated rings. The summed E-state index contributed by atoms with van der Waals surface area (Å²) in [5.41, 5.74) is -0.0235. The Hall–Kier alpha value is -2.71. The number of benzene rings is 2. The largest absolute Gasteiger partial charge is 0.462 e. The standard InChI is InChI=1S/C33H42F4O4/c1-4-5-6-7-25-14-15-27(31(36)29(25)34)28-17-16-26(30(35)32(28)37)24-12-10-22(11-13-24)8-9-23(19-40-3)20-41-33(39)21(2)18-38/h14-17,22-24,38H,2,4-13,18-20H2,1,3H3. The molecule has 0 aliphatic heterocycles. The fourth-order valence-electron chi connectivity index (χ4n) is 5.69. The van der Waals surface area contributed by atoms with E-state index in [2.05, 4.69) is 6.58 Å². The summed E-state index contributed by atoms with van der Waals surface area (Å²) in [4.78, 5) is 11.8. The molecule has 0 spiro atoms. The van der Waals surface area contributed by atoms with Crippen LogP contribution in [0.4, 0.5) is 17.6 Å². The Morgan fingerprint density at radius 3 is 2.24 bits per heavy atom. The van der Waals surface area contributed by atoms with Crippen LogP contribution in [0.1, 0.15) is 81.8 Å². The Balaban J connectivity index is 1.60. The molecule has 1 saturated carbocycles. The SMILES string of the molecule is C=C(CO)C(=O)OCC(CCC1CCC(c2ccc(-c3ccc(CCCCC)c(F)c3F)c(F)c2F)CC1)COC. The van der Waals surface area contributed by atoms with E-state index < -0.39 is 35.8 Å². The number of carbonyl (C=O) groups is 1. The Kier molecular flexibility index (Phi) is 12.9. The maximum Gasteiger partial charge on any atom is 0.335 e. The molecular formula is C33H42F4O4. The zero-order valence-corrected chi connectivity index (χ0v) is 24.1. The van der Waals surface area contributed by atoms with Gasteiger partial charge in [-0.25, -0.2) is 22.4 Å². The third kappa shape index (κ3) is 8.65. The average molecular weight is 579 g/mol. The lowest BCUT2D eigenvalue weighted by molar-refractivity contribution is -0.141. The van der Waals surface area contributed by atoms with Gasteiger partial charge in [0.05, 0.1) is 25.4 Å². The maximum absolute atomic E-state index is 15.2. The summed E-state index contributed by atoms with van der Waals surface area (Å²) < 4.78 is 70.5. The van der Waals surface area contributed by atoms with E-state index in [0.29, 0.717) is 31.8 Å². The van der Waals surface area contributed by atoms with Crippen molar-refractivity contribution in [2.24, 2.45) is 11.8 Å². The molecule has 2 aromatic rings. The van der Waals surface area contributed by atoms with Gasteiger partial charge < -0.3 is 14.6 Å². The summed E-state index contributed by atoms with van der Waals surface area (Å²) in [6.07, 6.45) is 7.72. The fraction of sp³-hybridized carbons (Fsp3) is 0.545. The molecule has 2 aromatic carbocycles. The third-order valence-electron chi connectivity index (χ3n) is 8.22. The number of aliphatic hydroxyl groups is 1. The number of ether oxygens (including phenoxy) is 2. The number of hydrogen-bond acceptors (Lipinski definition) is 4. The number of unbranched alkanes of at least 4 members (excludes halogenated alkanes) is 2. The van der Waals surface area contributed by atoms with Gasteiger partial charge in [0, 0.05) is 24.2 Å². The van der Waals surface area contributed by atoms with Gasteiger partial charge in [-0.1, -0.05) is 50.6 Å². The number of carbonyl (C=O) groups excluding carboxylic acids is 1. The second-order valence-corrected chi connectivity index (χ2v) is 11.2. The van der Waals surface area contributed by atoms with E-state index in [9.17, 15) is 13.6 Å². The second-order valence-electron chi connectivity index (χ2n) is 11.2. The zero-order chi connectivity index (χ0) is 29.9. The number of aryl methyl sites for hydroxylation is 1. The fourth-order valence-corrected chi connectivity index (χ4v) is 5.69. The summed E-state index contributed by atoms with van der Waals surface area (Å²) in [7, 11) is 1.58. The lowest BCUT2D eigenvalue weighted by Gasteiger charge is -2.30. The topological polar surface area (TPSA) is 55.8 Å². The van der Waals surface area contributed by atoms with Crippen molar-refractivity contribution >= 4 is 5.97 Å². The number of methoxy groups -OCH3 is 1. The highest BCUT2D eigenvalue weighted by atomic mass is 19.2. The first-order valence-corrected chi connectivity index (χ1v) is 14.6. The Morgan fingerprint density at radius 2 is 1.61 bits per heavy atom. The molecule has 1 unspecified atom stereocenters. The molecule has 41 heavy (non-hydrogen) atoms. The van der Waals surface area contributed by atoms with Crippen molar-refractivity contribution in [2.75, 3.05) is 26.9 Å². The minimum Gasteiger partial charge on any atom is -0.462 e. The lowest BCUT2D eigenvalue weighted by Crippen LogP contribution is -2.22. The number of rotatable bonds is 15. The molecular weight excluding hydrogens is 536 g/mol. The Labute approximate surface area is 240 Å². The molecule has 0 heterocycles. The monoisotopic (exact) mass is 578 g/mol. The van der Waals surface area contributed by atoms with Gasteiger partial charge in [0.25, 0.3) is 0 Å². The van der Waals surface area contributed by atoms with Crippen LogP contribution < -0.4 is 0 Å². The predicted molar refractivity (Wildman–Crippen MR) is 151 cm³/mol. The van der Waals surface area contributed by atoms with Crippen LogP contribution in [0.3, 0.4) is 0 Å². The van der Waals surface area contributed by atoms with Crippen molar-refractivity contribution in [3.63, 3.8) is 0 Å². The van der Waals surface area contributed by atoms with Gasteiger partial charge in [-0.05, 0) is 74.3 Å². The minimum absolute atomic E-state index is 0.00268. The quantitative estimate of drug-likeness (QED) is 0.101. The van der Waals surface area contributed by atoms with Gasteiger partial charge in [-0.2, -0.15) is 0 Å². The van der Waals surface area contributed by atoms with Crippen LogP contribution in [0.15, 0.2) is 36.4 Å². The first kappa shape index (κ1) is 32.8. The van der Waals surface area contributed by atoms with Crippen LogP contribution in [0.5, 0.6) is 0 Å². The van der Waals surface area contributed by atoms with E-state index in [1.54, 1.807) is 7.11 Å². The van der Waals surface area contributed by atoms with Crippen LogP contribution in [0.25, 0.3) is 11.1 Å². The summed E-state index contributed by atoms with van der Waals surface area (Å²) in [6, 6.07) is 5.66. The predicted octanol–water partition coefficient (Wildman–Crippen LogP) is 8.05. The van der Waals surface area contributed by atoms with E-state index in [4.69, 9.17) is 14.6 Å². The number of esters is 1. The molecule has 8 heteroatoms. The highest BCUT2D eigenvalue weighted by Crippen LogP contribution is 2.41. The number of aliphatic hydroxyl groups excluding tert-OH is 1. The van der Waals surface area contributed by atoms with Crippen LogP contribution in [0, 0.1) is 35.1 Å². The minimum atomic E-state index is -1.15. The van der Waals surface area contributed by atoms with Crippen LogP contribution in [-0.2, 0) is 20.7 Å². The van der Waals surface area contributed by atoms with Crippen molar-refractivity contribution in [1.82, 2.24) is 0 Å². The third-order valence-corrected chi connectivity index (χ3v) is 8.22. The molecule has 1 aliphatic rings. The second kappa shape index (κ2) is 16.1. The summed E-state index contributed by atoms with van der Waals surface area (Å²) in [5.74, 6) is -4.67. The molecule has 1 N–H and O–H groups in total. The van der Waals surface area contributed by atoms with E-state index in [-0.39, 0.29) is 46.3 Å². The van der Waals surface area contributed by atoms with Crippen molar-refractivity contribution in [3.8, 4) is 11.1 Å².